The standard InChI is InChI=1S/C17H15FN2O6S2/c1-11(17(21)26-16-10-19-15-5-3-2-4-14(15)16)20-28(24,25)13-8-6-12(7-9-13)27(18,22)23/h2-11,19-20H,1H3/t11-/m0/s1. The number of sulfonamides is 1. The number of carbonyl (C=O) groups excluding carboxylic acids is 1. The highest BCUT2D eigenvalue weighted by Crippen LogP contribution is 2.25. The second-order valence-corrected chi connectivity index (χ2v) is 8.93. The molecular weight excluding hydrogens is 411 g/mol. The molecule has 0 saturated carbocycles. The Morgan fingerprint density at radius 1 is 1.04 bits per heavy atom. The number of H-pyrrole nitrogens is 1. The highest BCUT2D eigenvalue weighted by atomic mass is 32.3. The number of carbonyl (C=O) groups is 1. The number of para-hydroxylation sites is 1. The summed E-state index contributed by atoms with van der Waals surface area (Å²) in [5.74, 6) is -0.583. The van der Waals surface area contributed by atoms with Gasteiger partial charge in [0.1, 0.15) is 6.04 Å². The maximum absolute atomic E-state index is 12.9. The van der Waals surface area contributed by atoms with Gasteiger partial charge in [0.2, 0.25) is 10.0 Å². The Morgan fingerprint density at radius 3 is 2.29 bits per heavy atom. The molecule has 3 rings (SSSR count). The summed E-state index contributed by atoms with van der Waals surface area (Å²) in [4.78, 5) is 14.2. The van der Waals surface area contributed by atoms with Crippen molar-refractivity contribution in [3.63, 3.8) is 0 Å². The van der Waals surface area contributed by atoms with Crippen molar-refractivity contribution in [3.05, 3.63) is 54.7 Å². The number of aromatic nitrogens is 1. The molecule has 148 valence electrons. The van der Waals surface area contributed by atoms with E-state index >= 15 is 0 Å². The van der Waals surface area contributed by atoms with E-state index in [2.05, 4.69) is 9.71 Å². The van der Waals surface area contributed by atoms with Crippen molar-refractivity contribution < 1.29 is 30.3 Å². The molecule has 3 aromatic rings. The summed E-state index contributed by atoms with van der Waals surface area (Å²) in [6.07, 6.45) is 1.49. The Hall–Kier alpha value is -2.76. The normalized spacial score (nSPS) is 13.4. The molecule has 0 saturated heterocycles. The predicted octanol–water partition coefficient (Wildman–Crippen LogP) is 2.10. The lowest BCUT2D eigenvalue weighted by molar-refractivity contribution is -0.135. The van der Waals surface area contributed by atoms with E-state index in [4.69, 9.17) is 4.74 Å². The molecule has 1 atom stereocenters. The second-order valence-electron chi connectivity index (χ2n) is 5.87. The Balaban J connectivity index is 1.73. The van der Waals surface area contributed by atoms with Gasteiger partial charge in [0.25, 0.3) is 0 Å². The number of nitrogens with one attached hydrogen (secondary N) is 2. The fraction of sp³-hybridized carbons (Fsp3) is 0.118. The first-order valence-electron chi connectivity index (χ1n) is 7.93. The first kappa shape index (κ1) is 20.0. The summed E-state index contributed by atoms with van der Waals surface area (Å²) >= 11 is 0. The zero-order chi connectivity index (χ0) is 20.5. The molecule has 0 bridgehead atoms. The van der Waals surface area contributed by atoms with E-state index in [1.165, 1.54) is 13.1 Å². The molecule has 0 radical (unpaired) electrons. The van der Waals surface area contributed by atoms with Crippen molar-refractivity contribution in [2.75, 3.05) is 0 Å². The largest absolute Gasteiger partial charge is 0.423 e. The van der Waals surface area contributed by atoms with E-state index in [0.29, 0.717) is 5.39 Å². The lowest BCUT2D eigenvalue weighted by Gasteiger charge is -2.13. The van der Waals surface area contributed by atoms with Crippen molar-refractivity contribution in [1.82, 2.24) is 9.71 Å². The summed E-state index contributed by atoms with van der Waals surface area (Å²) in [5.41, 5.74) is 0.751. The minimum absolute atomic E-state index is 0.254. The lowest BCUT2D eigenvalue weighted by Crippen LogP contribution is -2.40. The Labute approximate surface area is 160 Å². The molecule has 0 aliphatic carbocycles. The van der Waals surface area contributed by atoms with Gasteiger partial charge in [-0.15, -0.1) is 3.89 Å². The molecule has 0 aliphatic rings. The zero-order valence-electron chi connectivity index (χ0n) is 14.4. The molecule has 0 aliphatic heterocycles. The Bertz CT molecular complexity index is 1230. The highest BCUT2D eigenvalue weighted by molar-refractivity contribution is 7.89. The van der Waals surface area contributed by atoms with Crippen molar-refractivity contribution in [2.24, 2.45) is 0 Å². The summed E-state index contributed by atoms with van der Waals surface area (Å²) in [6.45, 7) is 1.30. The van der Waals surface area contributed by atoms with Crippen molar-refractivity contribution in [2.45, 2.75) is 22.8 Å². The van der Waals surface area contributed by atoms with Crippen LogP contribution in [0.3, 0.4) is 0 Å². The van der Waals surface area contributed by atoms with Crippen LogP contribution in [-0.4, -0.2) is 33.8 Å². The third-order valence-electron chi connectivity index (χ3n) is 3.86. The summed E-state index contributed by atoms with van der Waals surface area (Å²) in [6, 6.07) is 9.35. The Kier molecular flexibility index (Phi) is 5.24. The van der Waals surface area contributed by atoms with E-state index in [9.17, 15) is 25.5 Å². The van der Waals surface area contributed by atoms with Crippen LogP contribution in [0.1, 0.15) is 6.92 Å². The average Bonchev–Trinajstić information content (AvgIpc) is 3.04. The van der Waals surface area contributed by atoms with Crippen LogP contribution in [0.15, 0.2) is 64.5 Å². The highest BCUT2D eigenvalue weighted by Gasteiger charge is 2.25. The topological polar surface area (TPSA) is 122 Å². The van der Waals surface area contributed by atoms with Gasteiger partial charge in [-0.3, -0.25) is 0 Å². The lowest BCUT2D eigenvalue weighted by atomic mass is 10.2. The molecule has 2 aromatic carbocycles. The van der Waals surface area contributed by atoms with Gasteiger partial charge in [-0.1, -0.05) is 12.1 Å². The summed E-state index contributed by atoms with van der Waals surface area (Å²) < 4.78 is 66.6. The van der Waals surface area contributed by atoms with Gasteiger partial charge in [0.15, 0.2) is 5.75 Å². The number of ether oxygens (including phenoxy) is 1. The van der Waals surface area contributed by atoms with Gasteiger partial charge in [-0.25, -0.2) is 13.2 Å². The smallest absolute Gasteiger partial charge is 0.332 e. The fourth-order valence-electron chi connectivity index (χ4n) is 2.46. The van der Waals surface area contributed by atoms with Crippen LogP contribution in [0, 0.1) is 0 Å². The SMILES string of the molecule is C[C@H](NS(=O)(=O)c1ccc(S(=O)(=O)F)cc1)C(=O)Oc1c[nH]c2ccccc12. The average molecular weight is 426 g/mol. The van der Waals surface area contributed by atoms with Crippen molar-refractivity contribution in [3.8, 4) is 5.75 Å². The predicted molar refractivity (Wildman–Crippen MR) is 98.5 cm³/mol. The van der Waals surface area contributed by atoms with Gasteiger partial charge < -0.3 is 9.72 Å². The van der Waals surface area contributed by atoms with Gasteiger partial charge >= 0.3 is 16.2 Å². The number of benzene rings is 2. The second kappa shape index (κ2) is 7.34. The quantitative estimate of drug-likeness (QED) is 0.460. The first-order valence-corrected chi connectivity index (χ1v) is 10.8. The molecule has 0 unspecified atom stereocenters. The van der Waals surface area contributed by atoms with Crippen LogP contribution in [0.4, 0.5) is 3.89 Å². The number of aromatic amines is 1. The van der Waals surface area contributed by atoms with E-state index in [1.807, 2.05) is 0 Å². The van der Waals surface area contributed by atoms with Crippen LogP contribution in [0.25, 0.3) is 10.9 Å². The van der Waals surface area contributed by atoms with Crippen LogP contribution < -0.4 is 9.46 Å². The van der Waals surface area contributed by atoms with E-state index in [-0.39, 0.29) is 10.6 Å². The molecule has 8 nitrogen and oxygen atoms in total. The van der Waals surface area contributed by atoms with E-state index in [0.717, 1.165) is 29.8 Å². The first-order chi connectivity index (χ1) is 13.1. The fourth-order valence-corrected chi connectivity index (χ4v) is 4.11. The minimum Gasteiger partial charge on any atom is -0.423 e. The molecule has 11 heteroatoms. The molecular formula is C17H15FN2O6S2. The third kappa shape index (κ3) is 4.21. The number of halogens is 1. The van der Waals surface area contributed by atoms with Gasteiger partial charge in [0.05, 0.1) is 9.79 Å². The van der Waals surface area contributed by atoms with E-state index in [1.54, 1.807) is 24.3 Å². The Morgan fingerprint density at radius 2 is 1.64 bits per heavy atom. The van der Waals surface area contributed by atoms with Crippen molar-refractivity contribution >= 4 is 37.1 Å². The number of hydrogen-bond acceptors (Lipinski definition) is 6. The number of esters is 1. The molecule has 0 spiro atoms. The number of rotatable bonds is 6. The van der Waals surface area contributed by atoms with Crippen molar-refractivity contribution in [1.29, 1.82) is 0 Å². The summed E-state index contributed by atoms with van der Waals surface area (Å²) in [7, 11) is -9.11. The molecule has 1 heterocycles. The molecule has 1 aromatic heterocycles. The molecule has 0 amide bonds. The molecule has 2 N–H and O–H groups in total. The monoisotopic (exact) mass is 426 g/mol. The molecule has 0 fully saturated rings. The van der Waals surface area contributed by atoms with Gasteiger partial charge in [-0.05, 0) is 43.3 Å². The minimum atomic E-state index is -4.94. The summed E-state index contributed by atoms with van der Waals surface area (Å²) in [5, 5.41) is 0.661. The molecule has 28 heavy (non-hydrogen) atoms. The van der Waals surface area contributed by atoms with Gasteiger partial charge in [0, 0.05) is 17.1 Å². The number of hydrogen-bond donors (Lipinski definition) is 2. The maximum atomic E-state index is 12.9. The van der Waals surface area contributed by atoms with Crippen LogP contribution in [0.5, 0.6) is 5.75 Å². The van der Waals surface area contributed by atoms with Crippen LogP contribution in [-0.2, 0) is 25.0 Å². The van der Waals surface area contributed by atoms with Crippen LogP contribution in [0.2, 0.25) is 0 Å². The zero-order valence-corrected chi connectivity index (χ0v) is 16.1. The maximum Gasteiger partial charge on any atom is 0.332 e. The number of fused-ring (bicyclic) bond motifs is 1. The third-order valence-corrected chi connectivity index (χ3v) is 6.25. The van der Waals surface area contributed by atoms with Gasteiger partial charge in [-0.2, -0.15) is 13.1 Å². The van der Waals surface area contributed by atoms with Crippen LogP contribution >= 0.6 is 0 Å². The van der Waals surface area contributed by atoms with E-state index < -0.39 is 37.2 Å².